The fourth-order valence-electron chi connectivity index (χ4n) is 2.55. The van der Waals surface area contributed by atoms with Crippen LogP contribution < -0.4 is 5.32 Å². The normalized spacial score (nSPS) is 16.3. The van der Waals surface area contributed by atoms with Crippen molar-refractivity contribution in [3.63, 3.8) is 0 Å². The van der Waals surface area contributed by atoms with Gasteiger partial charge in [-0.3, -0.25) is 0 Å². The molecule has 0 bridgehead atoms. The van der Waals surface area contributed by atoms with Crippen molar-refractivity contribution < 1.29 is 0 Å². The molecule has 2 aromatic rings. The molecular weight excluding hydrogens is 330 g/mol. The first kappa shape index (κ1) is 14.3. The molecule has 3 rings (SSSR count). The minimum atomic E-state index is 0.566. The zero-order valence-electron chi connectivity index (χ0n) is 11.7. The second-order valence-corrected chi connectivity index (χ2v) is 7.42. The molecule has 0 saturated heterocycles. The van der Waals surface area contributed by atoms with Gasteiger partial charge < -0.3 is 5.32 Å². The van der Waals surface area contributed by atoms with Crippen LogP contribution in [-0.4, -0.2) is 6.54 Å². The highest BCUT2D eigenvalue weighted by Gasteiger charge is 2.32. The van der Waals surface area contributed by atoms with Gasteiger partial charge in [0.15, 0.2) is 0 Å². The van der Waals surface area contributed by atoms with Crippen LogP contribution in [0.2, 0.25) is 0 Å². The van der Waals surface area contributed by atoms with E-state index in [1.165, 1.54) is 39.1 Å². The Morgan fingerprint density at radius 3 is 2.75 bits per heavy atom. The van der Waals surface area contributed by atoms with Gasteiger partial charge in [0.25, 0.3) is 0 Å². The van der Waals surface area contributed by atoms with Crippen LogP contribution in [0, 0.1) is 5.92 Å². The van der Waals surface area contributed by atoms with Crippen LogP contribution >= 0.6 is 27.3 Å². The van der Waals surface area contributed by atoms with Crippen LogP contribution in [0.15, 0.2) is 40.9 Å². The predicted octanol–water partition coefficient (Wildman–Crippen LogP) is 5.63. The molecule has 1 aromatic heterocycles. The minimum absolute atomic E-state index is 0.566. The third-order valence-electron chi connectivity index (χ3n) is 3.78. The van der Waals surface area contributed by atoms with Gasteiger partial charge in [0.05, 0.1) is 0 Å². The first-order valence-corrected chi connectivity index (χ1v) is 8.98. The molecule has 1 fully saturated rings. The highest BCUT2D eigenvalue weighted by molar-refractivity contribution is 9.10. The Kier molecular flexibility index (Phi) is 4.59. The Labute approximate surface area is 133 Å². The van der Waals surface area contributed by atoms with Crippen LogP contribution in [0.25, 0.3) is 10.4 Å². The van der Waals surface area contributed by atoms with Crippen molar-refractivity contribution in [2.75, 3.05) is 6.54 Å². The maximum atomic E-state index is 3.73. The molecule has 1 N–H and O–H groups in total. The summed E-state index contributed by atoms with van der Waals surface area (Å²) in [5.74, 6) is 0.854. The molecule has 1 nitrogen and oxygen atoms in total. The number of benzene rings is 1. The predicted molar refractivity (Wildman–Crippen MR) is 91.2 cm³/mol. The number of rotatable bonds is 6. The zero-order valence-corrected chi connectivity index (χ0v) is 14.1. The van der Waals surface area contributed by atoms with E-state index < -0.39 is 0 Å². The molecule has 0 amide bonds. The number of nitrogens with one attached hydrogen (secondary N) is 1. The van der Waals surface area contributed by atoms with E-state index in [0.717, 1.165) is 12.5 Å². The molecule has 106 valence electrons. The molecule has 1 atom stereocenters. The van der Waals surface area contributed by atoms with Gasteiger partial charge in [-0.1, -0.05) is 41.1 Å². The summed E-state index contributed by atoms with van der Waals surface area (Å²) in [7, 11) is 0. The molecule has 0 aliphatic heterocycles. The second-order valence-electron chi connectivity index (χ2n) is 5.45. The summed E-state index contributed by atoms with van der Waals surface area (Å²) in [5, 5.41) is 3.73. The van der Waals surface area contributed by atoms with E-state index in [0.29, 0.717) is 6.04 Å². The summed E-state index contributed by atoms with van der Waals surface area (Å²) < 4.78 is 1.18. The fraction of sp³-hybridized carbons (Fsp3) is 0.412. The van der Waals surface area contributed by atoms with Gasteiger partial charge in [0.2, 0.25) is 0 Å². The van der Waals surface area contributed by atoms with Crippen LogP contribution in [0.4, 0.5) is 0 Å². The third kappa shape index (κ3) is 3.16. The first-order valence-electron chi connectivity index (χ1n) is 7.37. The van der Waals surface area contributed by atoms with Crippen molar-refractivity contribution >= 4 is 27.3 Å². The summed E-state index contributed by atoms with van der Waals surface area (Å²) in [6.07, 6.45) is 3.96. The van der Waals surface area contributed by atoms with Gasteiger partial charge in [-0.15, -0.1) is 11.3 Å². The Hall–Kier alpha value is -0.640. The lowest BCUT2D eigenvalue weighted by Crippen LogP contribution is -2.22. The summed E-state index contributed by atoms with van der Waals surface area (Å²) in [6.45, 7) is 3.35. The maximum Gasteiger partial charge on any atom is 0.0443 e. The van der Waals surface area contributed by atoms with Gasteiger partial charge in [0, 0.05) is 25.8 Å². The Morgan fingerprint density at radius 2 is 2.05 bits per heavy atom. The molecule has 0 spiro atoms. The smallest absolute Gasteiger partial charge is 0.0443 e. The van der Waals surface area contributed by atoms with Crippen LogP contribution in [0.5, 0.6) is 0 Å². The minimum Gasteiger partial charge on any atom is -0.309 e. The molecule has 1 saturated carbocycles. The summed E-state index contributed by atoms with van der Waals surface area (Å²) in [5.41, 5.74) is 1.30. The number of halogens is 1. The van der Waals surface area contributed by atoms with E-state index in [2.05, 4.69) is 64.6 Å². The average Bonchev–Trinajstić information content (AvgIpc) is 3.18. The number of hydrogen-bond acceptors (Lipinski definition) is 2. The van der Waals surface area contributed by atoms with Crippen molar-refractivity contribution in [2.45, 2.75) is 32.2 Å². The van der Waals surface area contributed by atoms with E-state index in [9.17, 15) is 0 Å². The number of hydrogen-bond donors (Lipinski definition) is 1. The summed E-state index contributed by atoms with van der Waals surface area (Å²) >= 11 is 5.59. The average molecular weight is 350 g/mol. The maximum absolute atomic E-state index is 3.73. The quantitative estimate of drug-likeness (QED) is 0.712. The lowest BCUT2D eigenvalue weighted by Gasteiger charge is -2.16. The lowest BCUT2D eigenvalue weighted by atomic mass is 10.1. The van der Waals surface area contributed by atoms with Crippen molar-refractivity contribution in [1.29, 1.82) is 0 Å². The Morgan fingerprint density at radius 1 is 1.25 bits per heavy atom. The SMILES string of the molecule is CCCNC(c1ccc(-c2ccccc2Br)s1)C1CC1. The molecule has 20 heavy (non-hydrogen) atoms. The van der Waals surface area contributed by atoms with Crippen molar-refractivity contribution in [3.8, 4) is 10.4 Å². The lowest BCUT2D eigenvalue weighted by molar-refractivity contribution is 0.488. The van der Waals surface area contributed by atoms with E-state index in [4.69, 9.17) is 0 Å². The van der Waals surface area contributed by atoms with Gasteiger partial charge in [-0.05, 0) is 49.9 Å². The van der Waals surface area contributed by atoms with Crippen LogP contribution in [0.3, 0.4) is 0 Å². The molecule has 1 heterocycles. The van der Waals surface area contributed by atoms with Crippen molar-refractivity contribution in [3.05, 3.63) is 45.7 Å². The third-order valence-corrected chi connectivity index (χ3v) is 5.67. The molecule has 3 heteroatoms. The molecule has 1 aromatic carbocycles. The van der Waals surface area contributed by atoms with Gasteiger partial charge in [-0.25, -0.2) is 0 Å². The van der Waals surface area contributed by atoms with E-state index in [1.807, 2.05) is 11.3 Å². The van der Waals surface area contributed by atoms with Crippen LogP contribution in [-0.2, 0) is 0 Å². The monoisotopic (exact) mass is 349 g/mol. The van der Waals surface area contributed by atoms with E-state index in [-0.39, 0.29) is 0 Å². The first-order chi connectivity index (χ1) is 9.79. The highest BCUT2D eigenvalue weighted by atomic mass is 79.9. The van der Waals surface area contributed by atoms with Gasteiger partial charge in [-0.2, -0.15) is 0 Å². The fourth-order valence-corrected chi connectivity index (χ4v) is 4.40. The molecule has 0 radical (unpaired) electrons. The Bertz CT molecular complexity index is 574. The molecule has 1 aliphatic rings. The summed E-state index contributed by atoms with van der Waals surface area (Å²) in [4.78, 5) is 2.85. The highest BCUT2D eigenvalue weighted by Crippen LogP contribution is 2.44. The Balaban J connectivity index is 1.83. The van der Waals surface area contributed by atoms with Gasteiger partial charge in [0.1, 0.15) is 0 Å². The van der Waals surface area contributed by atoms with E-state index >= 15 is 0 Å². The topological polar surface area (TPSA) is 12.0 Å². The number of thiophene rings is 1. The summed E-state index contributed by atoms with van der Waals surface area (Å²) in [6, 6.07) is 13.6. The van der Waals surface area contributed by atoms with E-state index in [1.54, 1.807) is 0 Å². The largest absolute Gasteiger partial charge is 0.309 e. The molecular formula is C17H20BrNS. The van der Waals surface area contributed by atoms with Crippen molar-refractivity contribution in [2.24, 2.45) is 5.92 Å². The zero-order chi connectivity index (χ0) is 13.9. The van der Waals surface area contributed by atoms with Gasteiger partial charge >= 0.3 is 0 Å². The molecule has 1 unspecified atom stereocenters. The van der Waals surface area contributed by atoms with Crippen LogP contribution in [0.1, 0.15) is 37.1 Å². The second kappa shape index (κ2) is 6.42. The van der Waals surface area contributed by atoms with Crippen molar-refractivity contribution in [1.82, 2.24) is 5.32 Å². The molecule has 1 aliphatic carbocycles. The standard InChI is InChI=1S/C17H20BrNS/c1-2-11-19-17(12-7-8-12)16-10-9-15(20-16)13-5-3-4-6-14(13)18/h3-6,9-10,12,17,19H,2,7-8,11H2,1H3.